The summed E-state index contributed by atoms with van der Waals surface area (Å²) in [6, 6.07) is 17.2. The van der Waals surface area contributed by atoms with Crippen LogP contribution in [0.1, 0.15) is 158 Å². The molecule has 5 aliphatic rings. The summed E-state index contributed by atoms with van der Waals surface area (Å²) >= 11 is 0. The van der Waals surface area contributed by atoms with E-state index in [4.69, 9.17) is 43.2 Å². The Morgan fingerprint density at radius 2 is 1.64 bits per heavy atom. The highest BCUT2D eigenvalue weighted by Crippen LogP contribution is 2.62. The van der Waals surface area contributed by atoms with Gasteiger partial charge in [0.15, 0.2) is 11.5 Å². The number of benzene rings is 3. The number of fused-ring (bicyclic) bond motifs is 3. The summed E-state index contributed by atoms with van der Waals surface area (Å²) < 4.78 is 60.0. The van der Waals surface area contributed by atoms with Gasteiger partial charge in [0.1, 0.15) is 30.0 Å². The van der Waals surface area contributed by atoms with Crippen LogP contribution in [0.4, 0.5) is 9.18 Å². The Labute approximate surface area is 438 Å². The largest absolute Gasteiger partial charge is 0.489 e. The lowest BCUT2D eigenvalue weighted by Crippen LogP contribution is -2.70. The van der Waals surface area contributed by atoms with Gasteiger partial charge in [0.05, 0.1) is 31.5 Å². The lowest BCUT2D eigenvalue weighted by molar-refractivity contribution is -0.256. The topological polar surface area (TPSA) is 147 Å². The highest BCUT2D eigenvalue weighted by atomic mass is 19.1. The van der Waals surface area contributed by atoms with Crippen LogP contribution in [-0.2, 0) is 32.2 Å². The van der Waals surface area contributed by atoms with E-state index in [1.54, 1.807) is 29.2 Å². The molecule has 1 unspecified atom stereocenters. The molecule has 3 aliphatic heterocycles. The van der Waals surface area contributed by atoms with Gasteiger partial charge in [-0.05, 0) is 104 Å². The van der Waals surface area contributed by atoms with Crippen molar-refractivity contribution < 1.29 is 57.4 Å². The van der Waals surface area contributed by atoms with E-state index in [2.05, 4.69) is 19.6 Å². The number of unbranched alkanes of at least 4 members (excludes halogenated alkanes) is 11. The van der Waals surface area contributed by atoms with Crippen molar-refractivity contribution in [3.05, 3.63) is 107 Å². The van der Waals surface area contributed by atoms with E-state index in [1.165, 1.54) is 44.6 Å². The van der Waals surface area contributed by atoms with E-state index in [0.29, 0.717) is 60.1 Å². The summed E-state index contributed by atoms with van der Waals surface area (Å²) in [5.74, 6) is -0.366. The van der Waals surface area contributed by atoms with Gasteiger partial charge in [-0.15, -0.1) is 6.58 Å². The van der Waals surface area contributed by atoms with Crippen LogP contribution >= 0.6 is 0 Å². The van der Waals surface area contributed by atoms with Gasteiger partial charge in [0.2, 0.25) is 18.9 Å². The standard InChI is InChI=1S/C60H81FN2O11/c1-3-5-6-7-8-9-10-11-12-20-35-68-59(66)63(40-43-27-29-53-54(36-43)71-42-70-53)55-39-51(62-74-56-26-17-21-34-67-56)48-37-44(22-15-18-31-64)47(24-16-19-32-65)57-49-38-46(69-41-45-23-13-14-25-50(45)61)28-30-52(49)73-60(55,58(48)57)72-33-4-2/h4,13-14,23,25,27-30,36-38,44,47,55-58,64-65H,2-3,5-12,15-22,24,26,31-35,39-42H2,1H3/t44-,47+,55-,56?,57+,58+,60+/m0/s1. The summed E-state index contributed by atoms with van der Waals surface area (Å²) in [5, 5.41) is 25.2. The molecule has 8 rings (SSSR count). The van der Waals surface area contributed by atoms with Gasteiger partial charge >= 0.3 is 6.09 Å². The van der Waals surface area contributed by atoms with Gasteiger partial charge in [0.25, 0.3) is 0 Å². The molecule has 3 heterocycles. The second-order valence-corrected chi connectivity index (χ2v) is 20.7. The Bertz CT molecular complexity index is 2320. The number of rotatable bonds is 30. The molecule has 13 nitrogen and oxygen atoms in total. The molecular weight excluding hydrogens is 944 g/mol. The van der Waals surface area contributed by atoms with Gasteiger partial charge in [-0.1, -0.05) is 119 Å². The average molecular weight is 1030 g/mol. The summed E-state index contributed by atoms with van der Waals surface area (Å²) in [6.07, 6.45) is 21.7. The summed E-state index contributed by atoms with van der Waals surface area (Å²) in [4.78, 5) is 23.4. The van der Waals surface area contributed by atoms with Gasteiger partial charge in [-0.2, -0.15) is 0 Å². The molecule has 0 bridgehead atoms. The first-order valence-corrected chi connectivity index (χ1v) is 27.9. The highest BCUT2D eigenvalue weighted by molar-refractivity contribution is 6.03. The number of hydrogen-bond donors (Lipinski definition) is 2. The SMILES string of the molecule is C=CCO[C@@]12Oc3ccc(OCc4ccccc4F)cc3[C@H]3[C@H](CCCCO)[C@@H](CCCCO)C=C(C(=NOC4CCCCO4)C[C@@H]1N(Cc1ccc4c(c1)OCO4)C(=O)OCCCCCCCCCCCC)[C@H]32. The van der Waals surface area contributed by atoms with Crippen LogP contribution in [0, 0.1) is 23.6 Å². The molecule has 14 heteroatoms. The van der Waals surface area contributed by atoms with E-state index in [0.717, 1.165) is 80.9 Å². The number of halogens is 1. The second kappa shape index (κ2) is 28.1. The quantitative estimate of drug-likeness (QED) is 0.0374. The van der Waals surface area contributed by atoms with Crippen LogP contribution in [0.25, 0.3) is 0 Å². The van der Waals surface area contributed by atoms with Crippen molar-refractivity contribution in [1.82, 2.24) is 4.90 Å². The molecule has 74 heavy (non-hydrogen) atoms. The van der Waals surface area contributed by atoms with Crippen LogP contribution < -0.4 is 18.9 Å². The molecule has 3 aromatic carbocycles. The summed E-state index contributed by atoms with van der Waals surface area (Å²) in [7, 11) is 0. The van der Waals surface area contributed by atoms with Crippen molar-refractivity contribution >= 4 is 11.8 Å². The molecule has 2 N–H and O–H groups in total. The van der Waals surface area contributed by atoms with Crippen molar-refractivity contribution in [3.63, 3.8) is 0 Å². The fourth-order valence-electron chi connectivity index (χ4n) is 11.8. The van der Waals surface area contributed by atoms with Crippen LogP contribution in [0.5, 0.6) is 23.0 Å². The normalized spacial score (nSPS) is 24.1. The number of carbonyl (C=O) groups is 1. The second-order valence-electron chi connectivity index (χ2n) is 20.7. The number of carbonyl (C=O) groups excluding carboxylic acids is 1. The molecule has 0 spiro atoms. The maximum absolute atomic E-state index is 15.3. The van der Waals surface area contributed by atoms with Crippen molar-refractivity contribution in [2.45, 2.75) is 173 Å². The number of allylic oxidation sites excluding steroid dienone is 1. The minimum Gasteiger partial charge on any atom is -0.489 e. The summed E-state index contributed by atoms with van der Waals surface area (Å²) in [5.41, 5.74) is 3.70. The minimum absolute atomic E-state index is 0.0154. The summed E-state index contributed by atoms with van der Waals surface area (Å²) in [6.45, 7) is 7.68. The van der Waals surface area contributed by atoms with E-state index in [-0.39, 0.29) is 76.4 Å². The molecule has 3 aromatic rings. The lowest BCUT2D eigenvalue weighted by Gasteiger charge is -2.60. The first kappa shape index (κ1) is 55.1. The number of hydrogen-bond acceptors (Lipinski definition) is 12. The first-order chi connectivity index (χ1) is 36.4. The van der Waals surface area contributed by atoms with Gasteiger partial charge in [-0.3, -0.25) is 4.90 Å². The fourth-order valence-corrected chi connectivity index (χ4v) is 11.8. The van der Waals surface area contributed by atoms with Crippen molar-refractivity contribution in [2.75, 3.05) is 39.8 Å². The Hall–Kier alpha value is -5.15. The molecule has 1 saturated carbocycles. The maximum atomic E-state index is 15.3. The number of aliphatic hydroxyl groups is 2. The third-order valence-corrected chi connectivity index (χ3v) is 15.5. The van der Waals surface area contributed by atoms with Crippen molar-refractivity contribution in [2.24, 2.45) is 22.9 Å². The Balaban J connectivity index is 1.22. The zero-order chi connectivity index (χ0) is 51.5. The lowest BCUT2D eigenvalue weighted by atomic mass is 9.55. The van der Waals surface area contributed by atoms with Gasteiger partial charge in [-0.25, -0.2) is 9.18 Å². The van der Waals surface area contributed by atoms with E-state index in [1.807, 2.05) is 36.4 Å². The number of ether oxygens (including phenoxy) is 7. The smallest absolute Gasteiger partial charge is 0.410 e. The Morgan fingerprint density at radius 1 is 0.878 bits per heavy atom. The van der Waals surface area contributed by atoms with Crippen LogP contribution in [0.2, 0.25) is 0 Å². The highest BCUT2D eigenvalue weighted by Gasteiger charge is 2.66. The van der Waals surface area contributed by atoms with Crippen LogP contribution in [0.3, 0.4) is 0 Å². The number of oxime groups is 1. The van der Waals surface area contributed by atoms with E-state index >= 15 is 4.79 Å². The molecule has 7 atom stereocenters. The minimum atomic E-state index is -1.52. The molecule has 0 radical (unpaired) electrons. The number of aliphatic hydroxyl groups excluding tert-OH is 2. The molecular formula is C60H81FN2O11. The maximum Gasteiger partial charge on any atom is 0.410 e. The Kier molecular flexibility index (Phi) is 20.9. The number of amides is 1. The predicted molar refractivity (Wildman–Crippen MR) is 282 cm³/mol. The average Bonchev–Trinajstić information content (AvgIpc) is 3.90. The molecule has 1 amide bonds. The van der Waals surface area contributed by atoms with Crippen molar-refractivity contribution in [3.8, 4) is 23.0 Å². The molecule has 2 fully saturated rings. The molecule has 404 valence electrons. The third kappa shape index (κ3) is 13.8. The van der Waals surface area contributed by atoms with Crippen LogP contribution in [0.15, 0.2) is 90.1 Å². The molecule has 0 aromatic heterocycles. The predicted octanol–water partition coefficient (Wildman–Crippen LogP) is 12.9. The first-order valence-electron chi connectivity index (χ1n) is 27.9. The van der Waals surface area contributed by atoms with E-state index in [9.17, 15) is 14.6 Å². The zero-order valence-corrected chi connectivity index (χ0v) is 43.7. The van der Waals surface area contributed by atoms with Crippen LogP contribution in [-0.4, -0.2) is 84.9 Å². The number of nitrogens with zero attached hydrogens (tertiary/aromatic N) is 2. The van der Waals surface area contributed by atoms with Gasteiger partial charge < -0.3 is 48.2 Å². The zero-order valence-electron chi connectivity index (χ0n) is 43.7. The molecule has 1 saturated heterocycles. The van der Waals surface area contributed by atoms with Gasteiger partial charge in [0, 0.05) is 49.6 Å². The van der Waals surface area contributed by atoms with Crippen molar-refractivity contribution in [1.29, 1.82) is 0 Å². The monoisotopic (exact) mass is 1020 g/mol. The molecule has 2 aliphatic carbocycles. The fraction of sp³-hybridized carbons (Fsp3) is 0.600. The third-order valence-electron chi connectivity index (χ3n) is 15.5. The Morgan fingerprint density at radius 3 is 2.39 bits per heavy atom. The van der Waals surface area contributed by atoms with E-state index < -0.39 is 30.1 Å².